The van der Waals surface area contributed by atoms with Gasteiger partial charge in [-0.3, -0.25) is 10.1 Å². The number of amides is 2. The van der Waals surface area contributed by atoms with E-state index in [9.17, 15) is 22.8 Å². The van der Waals surface area contributed by atoms with Crippen LogP contribution in [0, 0.1) is 0 Å². The number of ether oxygens (including phenoxy) is 1. The van der Waals surface area contributed by atoms with Gasteiger partial charge < -0.3 is 10.1 Å². The first-order valence-electron chi connectivity index (χ1n) is 7.91. The van der Waals surface area contributed by atoms with Crippen molar-refractivity contribution in [2.45, 2.75) is 19.3 Å². The Morgan fingerprint density at radius 2 is 1.90 bits per heavy atom. The third-order valence-corrected chi connectivity index (χ3v) is 4.99. The molecular weight excluding hydrogens is 431 g/mol. The Labute approximate surface area is 169 Å². The summed E-state index contributed by atoms with van der Waals surface area (Å²) in [6.07, 6.45) is -3.62. The van der Waals surface area contributed by atoms with Crippen molar-refractivity contribution in [3.63, 3.8) is 0 Å². The lowest BCUT2D eigenvalue weighted by Crippen LogP contribution is -2.23. The highest BCUT2D eigenvalue weighted by atomic mass is 32.1. The summed E-state index contributed by atoms with van der Waals surface area (Å²) in [5.41, 5.74) is 0.909. The van der Waals surface area contributed by atoms with Crippen LogP contribution in [0.4, 0.5) is 23.1 Å². The van der Waals surface area contributed by atoms with Crippen molar-refractivity contribution in [1.82, 2.24) is 20.5 Å². The standard InChI is InChI=1S/C16H12F3N5O3S2/c17-16(18,19)13-23-24-14(29-13)22-12(25)10-3-1-9(2-4-10)7-21-15(26)27-8-11-20-5-6-28-11/h1-6H,7-8H2,(H,21,26)(H,22,24,25). The van der Waals surface area contributed by atoms with Crippen molar-refractivity contribution in [2.75, 3.05) is 5.32 Å². The van der Waals surface area contributed by atoms with Gasteiger partial charge in [0.2, 0.25) is 10.1 Å². The van der Waals surface area contributed by atoms with Gasteiger partial charge in [-0.1, -0.05) is 23.5 Å². The Kier molecular flexibility index (Phi) is 6.39. The average molecular weight is 443 g/mol. The van der Waals surface area contributed by atoms with E-state index >= 15 is 0 Å². The van der Waals surface area contributed by atoms with Crippen molar-refractivity contribution in [3.8, 4) is 0 Å². The smallest absolute Gasteiger partial charge is 0.442 e. The number of hydrogen-bond acceptors (Lipinski definition) is 8. The number of nitrogens with zero attached hydrogens (tertiary/aromatic N) is 3. The summed E-state index contributed by atoms with van der Waals surface area (Å²) in [5.74, 6) is -0.628. The van der Waals surface area contributed by atoms with Gasteiger partial charge >= 0.3 is 12.3 Å². The average Bonchev–Trinajstić information content (AvgIpc) is 3.36. The fourth-order valence-electron chi connectivity index (χ4n) is 2.01. The molecule has 3 aromatic rings. The first-order chi connectivity index (χ1) is 13.8. The van der Waals surface area contributed by atoms with Crippen LogP contribution in [-0.4, -0.2) is 27.2 Å². The number of carbonyl (C=O) groups excluding carboxylic acids is 2. The van der Waals surface area contributed by atoms with E-state index in [2.05, 4.69) is 25.8 Å². The van der Waals surface area contributed by atoms with Crippen LogP contribution in [0.5, 0.6) is 0 Å². The molecule has 2 aromatic heterocycles. The maximum absolute atomic E-state index is 12.5. The fraction of sp³-hybridized carbons (Fsp3) is 0.188. The zero-order valence-electron chi connectivity index (χ0n) is 14.4. The van der Waals surface area contributed by atoms with E-state index in [4.69, 9.17) is 4.74 Å². The Morgan fingerprint density at radius 1 is 1.14 bits per heavy atom. The van der Waals surface area contributed by atoms with Crippen LogP contribution in [0.2, 0.25) is 0 Å². The molecule has 0 unspecified atom stereocenters. The molecule has 0 aliphatic rings. The van der Waals surface area contributed by atoms with Crippen molar-refractivity contribution >= 4 is 39.8 Å². The number of aromatic nitrogens is 3. The largest absolute Gasteiger partial charge is 0.445 e. The Bertz CT molecular complexity index is 975. The molecule has 3 rings (SSSR count). The summed E-state index contributed by atoms with van der Waals surface area (Å²) in [6.45, 7) is 0.244. The predicted molar refractivity (Wildman–Crippen MR) is 98.4 cm³/mol. The molecule has 0 radical (unpaired) electrons. The Balaban J connectivity index is 1.48. The minimum Gasteiger partial charge on any atom is -0.442 e. The van der Waals surface area contributed by atoms with Crippen LogP contribution in [0.15, 0.2) is 35.8 Å². The number of alkyl carbamates (subject to hydrolysis) is 1. The second-order valence-corrected chi connectivity index (χ2v) is 7.37. The van der Waals surface area contributed by atoms with Crippen LogP contribution < -0.4 is 10.6 Å². The molecule has 0 saturated carbocycles. The van der Waals surface area contributed by atoms with E-state index in [0.717, 1.165) is 0 Å². The summed E-state index contributed by atoms with van der Waals surface area (Å²) in [5, 5.41) is 12.2. The first kappa shape index (κ1) is 20.7. The molecule has 0 aliphatic heterocycles. The van der Waals surface area contributed by atoms with Gasteiger partial charge in [0.25, 0.3) is 5.91 Å². The third-order valence-electron chi connectivity index (χ3n) is 3.35. The summed E-state index contributed by atoms with van der Waals surface area (Å²) < 4.78 is 42.5. The second kappa shape index (κ2) is 8.96. The maximum Gasteiger partial charge on any atom is 0.445 e. The molecule has 2 amide bonds. The zero-order chi connectivity index (χ0) is 20.9. The normalized spacial score (nSPS) is 11.1. The minimum atomic E-state index is -4.61. The number of nitrogens with one attached hydrogen (secondary N) is 2. The van der Waals surface area contributed by atoms with Gasteiger partial charge in [-0.05, 0) is 17.7 Å². The van der Waals surface area contributed by atoms with E-state index in [1.165, 1.54) is 23.5 Å². The number of carbonyl (C=O) groups is 2. The molecule has 2 heterocycles. The molecule has 29 heavy (non-hydrogen) atoms. The molecule has 0 saturated heterocycles. The number of halogens is 3. The molecule has 13 heteroatoms. The zero-order valence-corrected chi connectivity index (χ0v) is 16.0. The van der Waals surface area contributed by atoms with Crippen LogP contribution >= 0.6 is 22.7 Å². The van der Waals surface area contributed by atoms with Crippen molar-refractivity contribution in [1.29, 1.82) is 0 Å². The third kappa shape index (κ3) is 5.96. The molecule has 1 aromatic carbocycles. The topological polar surface area (TPSA) is 106 Å². The van der Waals surface area contributed by atoms with Gasteiger partial charge in [0.1, 0.15) is 11.6 Å². The number of anilines is 1. The predicted octanol–water partition coefficient (Wildman–Crippen LogP) is 3.69. The van der Waals surface area contributed by atoms with Crippen LogP contribution in [0.3, 0.4) is 0 Å². The maximum atomic E-state index is 12.5. The summed E-state index contributed by atoms with van der Waals surface area (Å²) in [4.78, 5) is 27.7. The fourth-order valence-corrected chi connectivity index (χ4v) is 3.14. The van der Waals surface area contributed by atoms with Gasteiger partial charge in [-0.2, -0.15) is 13.2 Å². The van der Waals surface area contributed by atoms with E-state index < -0.39 is 23.2 Å². The van der Waals surface area contributed by atoms with E-state index in [1.807, 2.05) is 0 Å². The van der Waals surface area contributed by atoms with Crippen LogP contribution in [0.1, 0.15) is 25.9 Å². The van der Waals surface area contributed by atoms with E-state index in [0.29, 0.717) is 10.6 Å². The van der Waals surface area contributed by atoms with Gasteiger partial charge in [-0.15, -0.1) is 21.5 Å². The Hall–Kier alpha value is -3.06. The number of benzene rings is 1. The van der Waals surface area contributed by atoms with Crippen molar-refractivity contribution in [2.24, 2.45) is 0 Å². The molecule has 152 valence electrons. The van der Waals surface area contributed by atoms with Gasteiger partial charge in [0, 0.05) is 23.7 Å². The molecule has 0 fully saturated rings. The summed E-state index contributed by atoms with van der Waals surface area (Å²) >= 11 is 1.61. The molecule has 0 spiro atoms. The van der Waals surface area contributed by atoms with Crippen LogP contribution in [-0.2, 0) is 24.1 Å². The number of alkyl halides is 3. The highest BCUT2D eigenvalue weighted by Crippen LogP contribution is 2.33. The van der Waals surface area contributed by atoms with Crippen LogP contribution in [0.25, 0.3) is 0 Å². The van der Waals surface area contributed by atoms with Gasteiger partial charge in [0.15, 0.2) is 0 Å². The van der Waals surface area contributed by atoms with Crippen molar-refractivity contribution in [3.05, 3.63) is 57.0 Å². The van der Waals surface area contributed by atoms with Crippen molar-refractivity contribution < 1.29 is 27.5 Å². The summed E-state index contributed by atoms with van der Waals surface area (Å²) in [6, 6.07) is 6.13. The Morgan fingerprint density at radius 3 is 2.52 bits per heavy atom. The quantitative estimate of drug-likeness (QED) is 0.602. The monoisotopic (exact) mass is 443 g/mol. The molecule has 0 aliphatic carbocycles. The second-order valence-electron chi connectivity index (χ2n) is 5.42. The molecule has 8 nitrogen and oxygen atoms in total. The van der Waals surface area contributed by atoms with E-state index in [1.54, 1.807) is 23.7 Å². The van der Waals surface area contributed by atoms with Gasteiger partial charge in [-0.25, -0.2) is 9.78 Å². The minimum absolute atomic E-state index is 0.0737. The first-order valence-corrected chi connectivity index (χ1v) is 9.61. The number of rotatable bonds is 6. The number of thiazole rings is 1. The highest BCUT2D eigenvalue weighted by molar-refractivity contribution is 7.15. The van der Waals surface area contributed by atoms with E-state index in [-0.39, 0.29) is 35.2 Å². The molecule has 0 bridgehead atoms. The molecule has 2 N–H and O–H groups in total. The lowest BCUT2D eigenvalue weighted by molar-refractivity contribution is -0.138. The SMILES string of the molecule is O=C(NCc1ccc(C(=O)Nc2nnc(C(F)(F)F)s2)cc1)OCc1nccs1. The molecular formula is C16H12F3N5O3S2. The molecule has 0 atom stereocenters. The lowest BCUT2D eigenvalue weighted by Gasteiger charge is -2.07. The lowest BCUT2D eigenvalue weighted by atomic mass is 10.1. The van der Waals surface area contributed by atoms with Gasteiger partial charge in [0.05, 0.1) is 0 Å². The number of hydrogen-bond donors (Lipinski definition) is 2. The highest BCUT2D eigenvalue weighted by Gasteiger charge is 2.35. The summed E-state index contributed by atoms with van der Waals surface area (Å²) in [7, 11) is 0.